The summed E-state index contributed by atoms with van der Waals surface area (Å²) < 4.78 is 0. The van der Waals surface area contributed by atoms with Crippen LogP contribution in [0, 0.1) is 0 Å². The highest BCUT2D eigenvalue weighted by atomic mass is 16.1. The van der Waals surface area contributed by atoms with Crippen LogP contribution in [0.3, 0.4) is 0 Å². The molecule has 0 bridgehead atoms. The van der Waals surface area contributed by atoms with E-state index in [1.54, 1.807) is 0 Å². The van der Waals surface area contributed by atoms with Gasteiger partial charge in [0.25, 0.3) is 0 Å². The number of carbonyl (C=O) groups is 1. The monoisotopic (exact) mass is 177 g/mol. The fourth-order valence-corrected chi connectivity index (χ4v) is 1.19. The van der Waals surface area contributed by atoms with Gasteiger partial charge in [0.2, 0.25) is 0 Å². The lowest BCUT2D eigenvalue weighted by atomic mass is 10.1. The van der Waals surface area contributed by atoms with Crippen molar-refractivity contribution in [2.24, 2.45) is 0 Å². The molecule has 0 spiro atoms. The minimum Gasteiger partial charge on any atom is -0.317 e. The van der Waals surface area contributed by atoms with Crippen LogP contribution in [0.5, 0.6) is 0 Å². The van der Waals surface area contributed by atoms with E-state index in [1.807, 2.05) is 31.3 Å². The van der Waals surface area contributed by atoms with E-state index in [9.17, 15) is 4.79 Å². The number of nitrogens with one attached hydrogen (secondary N) is 1. The van der Waals surface area contributed by atoms with Crippen molar-refractivity contribution in [1.82, 2.24) is 5.32 Å². The summed E-state index contributed by atoms with van der Waals surface area (Å²) in [6.07, 6.45) is 1.86. The molecular formula is C11H15NO. The molecule has 1 aromatic rings. The van der Waals surface area contributed by atoms with Crippen LogP contribution in [0.1, 0.15) is 22.8 Å². The van der Waals surface area contributed by atoms with Gasteiger partial charge >= 0.3 is 0 Å². The van der Waals surface area contributed by atoms with Gasteiger partial charge in [-0.2, -0.15) is 0 Å². The van der Waals surface area contributed by atoms with Crippen LogP contribution in [0.15, 0.2) is 24.3 Å². The first-order valence-corrected chi connectivity index (χ1v) is 4.47. The number of carbonyl (C=O) groups excluding carboxylic acids is 1. The first kappa shape index (κ1) is 9.93. The molecule has 2 nitrogen and oxygen atoms in total. The Labute approximate surface area is 79.0 Å². The van der Waals surface area contributed by atoms with Gasteiger partial charge in [-0.05, 0) is 26.0 Å². The number of rotatable bonds is 4. The number of likely N-dealkylation sites (N-methyl/N-ethyl adjacent to an activating group) is 1. The Balaban J connectivity index is 2.63. The Bertz CT molecular complexity index is 266. The van der Waals surface area contributed by atoms with Gasteiger partial charge in [0.1, 0.15) is 6.29 Å². The standard InChI is InChI=1S/C11H15NO/c1-9(12-2)7-10-3-5-11(8-13)6-4-10/h3-6,8-9,12H,7H2,1-2H3. The maximum atomic E-state index is 10.4. The van der Waals surface area contributed by atoms with E-state index in [1.165, 1.54) is 5.56 Å². The molecule has 0 heterocycles. The summed E-state index contributed by atoms with van der Waals surface area (Å²) in [5.41, 5.74) is 1.99. The predicted molar refractivity (Wildman–Crippen MR) is 54.1 cm³/mol. The van der Waals surface area contributed by atoms with E-state index in [0.29, 0.717) is 6.04 Å². The molecule has 0 aliphatic carbocycles. The number of benzene rings is 1. The topological polar surface area (TPSA) is 29.1 Å². The molecule has 1 unspecified atom stereocenters. The quantitative estimate of drug-likeness (QED) is 0.708. The highest BCUT2D eigenvalue weighted by Crippen LogP contribution is 2.05. The molecule has 2 heteroatoms. The third-order valence-corrected chi connectivity index (χ3v) is 2.15. The van der Waals surface area contributed by atoms with Crippen molar-refractivity contribution < 1.29 is 4.79 Å². The zero-order valence-corrected chi connectivity index (χ0v) is 8.08. The summed E-state index contributed by atoms with van der Waals surface area (Å²) in [6.45, 7) is 2.13. The average Bonchev–Trinajstić information content (AvgIpc) is 2.19. The summed E-state index contributed by atoms with van der Waals surface area (Å²) >= 11 is 0. The van der Waals surface area contributed by atoms with Gasteiger partial charge in [-0.15, -0.1) is 0 Å². The Morgan fingerprint density at radius 3 is 2.46 bits per heavy atom. The van der Waals surface area contributed by atoms with E-state index in [0.717, 1.165) is 18.3 Å². The Morgan fingerprint density at radius 1 is 1.38 bits per heavy atom. The molecule has 1 N–H and O–H groups in total. The maximum Gasteiger partial charge on any atom is 0.150 e. The fraction of sp³-hybridized carbons (Fsp3) is 0.364. The summed E-state index contributed by atoms with van der Waals surface area (Å²) in [4.78, 5) is 10.4. The molecule has 0 aliphatic heterocycles. The van der Waals surface area contributed by atoms with Crippen molar-refractivity contribution >= 4 is 6.29 Å². The highest BCUT2D eigenvalue weighted by Gasteiger charge is 1.99. The van der Waals surface area contributed by atoms with Gasteiger partial charge in [0.15, 0.2) is 0 Å². The van der Waals surface area contributed by atoms with Gasteiger partial charge in [-0.3, -0.25) is 4.79 Å². The third-order valence-electron chi connectivity index (χ3n) is 2.15. The molecule has 0 aliphatic rings. The molecule has 1 aromatic carbocycles. The van der Waals surface area contributed by atoms with Crippen LogP contribution in [0.2, 0.25) is 0 Å². The van der Waals surface area contributed by atoms with Gasteiger partial charge in [-0.1, -0.05) is 24.3 Å². The van der Waals surface area contributed by atoms with Crippen molar-refractivity contribution in [3.05, 3.63) is 35.4 Å². The van der Waals surface area contributed by atoms with E-state index in [-0.39, 0.29) is 0 Å². The first-order chi connectivity index (χ1) is 6.26. The van der Waals surface area contributed by atoms with Crippen LogP contribution in [-0.4, -0.2) is 19.4 Å². The summed E-state index contributed by atoms with van der Waals surface area (Å²) in [5, 5.41) is 3.17. The van der Waals surface area contributed by atoms with Crippen molar-refractivity contribution in [2.45, 2.75) is 19.4 Å². The van der Waals surface area contributed by atoms with Crippen molar-refractivity contribution in [1.29, 1.82) is 0 Å². The predicted octanol–water partition coefficient (Wildman–Crippen LogP) is 1.65. The summed E-state index contributed by atoms with van der Waals surface area (Å²) in [5.74, 6) is 0. The number of hydrogen-bond donors (Lipinski definition) is 1. The van der Waals surface area contributed by atoms with Crippen LogP contribution >= 0.6 is 0 Å². The van der Waals surface area contributed by atoms with Crippen LogP contribution in [0.4, 0.5) is 0 Å². The number of hydrogen-bond acceptors (Lipinski definition) is 2. The van der Waals surface area contributed by atoms with Crippen LogP contribution in [-0.2, 0) is 6.42 Å². The molecule has 70 valence electrons. The van der Waals surface area contributed by atoms with Gasteiger partial charge in [-0.25, -0.2) is 0 Å². The lowest BCUT2D eigenvalue weighted by Gasteiger charge is -2.09. The maximum absolute atomic E-state index is 10.4. The minimum absolute atomic E-state index is 0.474. The van der Waals surface area contributed by atoms with Crippen LogP contribution in [0.25, 0.3) is 0 Å². The molecule has 0 saturated carbocycles. The molecule has 0 amide bonds. The largest absolute Gasteiger partial charge is 0.317 e. The molecule has 0 radical (unpaired) electrons. The lowest BCUT2D eigenvalue weighted by Crippen LogP contribution is -2.23. The molecular weight excluding hydrogens is 162 g/mol. The average molecular weight is 177 g/mol. The highest BCUT2D eigenvalue weighted by molar-refractivity contribution is 5.74. The molecule has 1 atom stereocenters. The molecule has 0 fully saturated rings. The second kappa shape index (κ2) is 4.77. The van der Waals surface area contributed by atoms with E-state index in [4.69, 9.17) is 0 Å². The molecule has 13 heavy (non-hydrogen) atoms. The second-order valence-corrected chi connectivity index (χ2v) is 3.25. The van der Waals surface area contributed by atoms with Crippen molar-refractivity contribution in [3.63, 3.8) is 0 Å². The molecule has 1 rings (SSSR count). The van der Waals surface area contributed by atoms with Crippen LogP contribution < -0.4 is 5.32 Å². The zero-order chi connectivity index (χ0) is 9.68. The number of aldehydes is 1. The summed E-state index contributed by atoms with van der Waals surface area (Å²) in [6, 6.07) is 8.17. The fourth-order valence-electron chi connectivity index (χ4n) is 1.19. The van der Waals surface area contributed by atoms with E-state index < -0.39 is 0 Å². The summed E-state index contributed by atoms with van der Waals surface area (Å²) in [7, 11) is 1.95. The van der Waals surface area contributed by atoms with E-state index >= 15 is 0 Å². The van der Waals surface area contributed by atoms with Crippen molar-refractivity contribution in [3.8, 4) is 0 Å². The molecule has 0 aromatic heterocycles. The SMILES string of the molecule is CNC(C)Cc1ccc(C=O)cc1. The Kier molecular flexibility index (Phi) is 3.65. The smallest absolute Gasteiger partial charge is 0.150 e. The first-order valence-electron chi connectivity index (χ1n) is 4.47. The molecule has 0 saturated heterocycles. The van der Waals surface area contributed by atoms with Gasteiger partial charge < -0.3 is 5.32 Å². The normalized spacial score (nSPS) is 12.5. The van der Waals surface area contributed by atoms with Crippen molar-refractivity contribution in [2.75, 3.05) is 7.05 Å². The third kappa shape index (κ3) is 2.99. The minimum atomic E-state index is 0.474. The van der Waals surface area contributed by atoms with Gasteiger partial charge in [0, 0.05) is 11.6 Å². The van der Waals surface area contributed by atoms with Gasteiger partial charge in [0.05, 0.1) is 0 Å². The Hall–Kier alpha value is -1.15. The zero-order valence-electron chi connectivity index (χ0n) is 8.08. The lowest BCUT2D eigenvalue weighted by molar-refractivity contribution is 0.112. The second-order valence-electron chi connectivity index (χ2n) is 3.25. The Morgan fingerprint density at radius 2 is 2.00 bits per heavy atom. The van der Waals surface area contributed by atoms with E-state index in [2.05, 4.69) is 12.2 Å².